The third-order valence-corrected chi connectivity index (χ3v) is 3.71. The summed E-state index contributed by atoms with van der Waals surface area (Å²) in [6.45, 7) is 0.557. The Kier molecular flexibility index (Phi) is 4.59. The number of benzene rings is 2. The number of halogens is 1. The van der Waals surface area contributed by atoms with Gasteiger partial charge < -0.3 is 11.1 Å². The maximum Gasteiger partial charge on any atom is 0.229 e. The third kappa shape index (κ3) is 4.54. The number of para-hydroxylation sites is 1. The van der Waals surface area contributed by atoms with Crippen molar-refractivity contribution in [1.29, 1.82) is 0 Å². The lowest BCUT2D eigenvalue weighted by atomic mass is 10.2. The number of sulfonamides is 1. The number of hydrogen-bond acceptors (Lipinski definition) is 4. The van der Waals surface area contributed by atoms with E-state index in [0.29, 0.717) is 22.9 Å². The number of rotatable bonds is 5. The minimum atomic E-state index is -3.34. The molecule has 0 aliphatic heterocycles. The van der Waals surface area contributed by atoms with E-state index in [-0.39, 0.29) is 0 Å². The Balaban J connectivity index is 2.09. The summed E-state index contributed by atoms with van der Waals surface area (Å²) in [5, 5.41) is 3.52. The highest BCUT2D eigenvalue weighted by atomic mass is 35.5. The molecule has 0 atom stereocenters. The number of hydrogen-bond donors (Lipinski definition) is 3. The highest BCUT2D eigenvalue weighted by Crippen LogP contribution is 2.26. The first-order valence-electron chi connectivity index (χ1n) is 6.20. The van der Waals surface area contributed by atoms with E-state index in [2.05, 4.69) is 10.0 Å². The molecule has 4 N–H and O–H groups in total. The van der Waals surface area contributed by atoms with E-state index < -0.39 is 10.0 Å². The second-order valence-electron chi connectivity index (χ2n) is 4.62. The molecule has 0 amide bonds. The molecule has 0 unspecified atom stereocenters. The van der Waals surface area contributed by atoms with Crippen molar-refractivity contribution in [2.75, 3.05) is 22.0 Å². The van der Waals surface area contributed by atoms with Gasteiger partial charge in [-0.3, -0.25) is 4.72 Å². The lowest BCUT2D eigenvalue weighted by Gasteiger charge is -2.11. The maximum atomic E-state index is 11.2. The SMILES string of the molecule is CS(=O)(=O)Nc1ccc(NCc2ccccc2N)cc1Cl. The topological polar surface area (TPSA) is 84.2 Å². The van der Waals surface area contributed by atoms with Crippen LogP contribution in [0.5, 0.6) is 0 Å². The molecular formula is C14H16ClN3O2S. The lowest BCUT2D eigenvalue weighted by molar-refractivity contribution is 0.607. The van der Waals surface area contributed by atoms with E-state index in [1.807, 2.05) is 24.3 Å². The molecule has 2 aromatic carbocycles. The number of nitrogens with two attached hydrogens (primary N) is 1. The summed E-state index contributed by atoms with van der Waals surface area (Å²) in [6.07, 6.45) is 1.08. The van der Waals surface area contributed by atoms with Crippen LogP contribution in [0, 0.1) is 0 Å². The molecule has 0 saturated heterocycles. The average molecular weight is 326 g/mol. The van der Waals surface area contributed by atoms with Crippen LogP contribution in [-0.2, 0) is 16.6 Å². The molecule has 2 rings (SSSR count). The molecule has 2 aromatic rings. The van der Waals surface area contributed by atoms with Gasteiger partial charge in [0.15, 0.2) is 0 Å². The first kappa shape index (κ1) is 15.5. The van der Waals surface area contributed by atoms with Gasteiger partial charge >= 0.3 is 0 Å². The van der Waals surface area contributed by atoms with Crippen LogP contribution in [0.3, 0.4) is 0 Å². The largest absolute Gasteiger partial charge is 0.398 e. The molecule has 7 heteroatoms. The van der Waals surface area contributed by atoms with Gasteiger partial charge in [0.1, 0.15) is 0 Å². The lowest BCUT2D eigenvalue weighted by Crippen LogP contribution is -2.10. The molecule has 0 bridgehead atoms. The fraction of sp³-hybridized carbons (Fsp3) is 0.143. The Morgan fingerprint density at radius 3 is 2.52 bits per heavy atom. The van der Waals surface area contributed by atoms with Gasteiger partial charge in [0, 0.05) is 17.9 Å². The van der Waals surface area contributed by atoms with Crippen molar-refractivity contribution in [3.8, 4) is 0 Å². The van der Waals surface area contributed by atoms with E-state index in [9.17, 15) is 8.42 Å². The molecule has 0 heterocycles. The van der Waals surface area contributed by atoms with Crippen LogP contribution in [0.4, 0.5) is 17.1 Å². The molecule has 5 nitrogen and oxygen atoms in total. The first-order valence-corrected chi connectivity index (χ1v) is 8.47. The molecule has 0 saturated carbocycles. The van der Waals surface area contributed by atoms with Gasteiger partial charge in [0.05, 0.1) is 17.0 Å². The van der Waals surface area contributed by atoms with Crippen LogP contribution >= 0.6 is 11.6 Å². The molecule has 0 aromatic heterocycles. The second-order valence-corrected chi connectivity index (χ2v) is 6.78. The molecule has 21 heavy (non-hydrogen) atoms. The Morgan fingerprint density at radius 2 is 1.90 bits per heavy atom. The van der Waals surface area contributed by atoms with E-state index in [1.165, 1.54) is 0 Å². The van der Waals surface area contributed by atoms with Gasteiger partial charge in [-0.25, -0.2) is 8.42 Å². The van der Waals surface area contributed by atoms with E-state index in [0.717, 1.165) is 17.5 Å². The van der Waals surface area contributed by atoms with E-state index in [1.54, 1.807) is 18.2 Å². The monoisotopic (exact) mass is 325 g/mol. The second kappa shape index (κ2) is 6.24. The predicted molar refractivity (Wildman–Crippen MR) is 88.1 cm³/mol. The number of nitrogens with one attached hydrogen (secondary N) is 2. The Morgan fingerprint density at radius 1 is 1.19 bits per heavy atom. The maximum absolute atomic E-state index is 11.2. The van der Waals surface area contributed by atoms with Gasteiger partial charge in [-0.1, -0.05) is 29.8 Å². The van der Waals surface area contributed by atoms with Crippen LogP contribution < -0.4 is 15.8 Å². The fourth-order valence-corrected chi connectivity index (χ4v) is 2.66. The van der Waals surface area contributed by atoms with Crippen LogP contribution in [0.15, 0.2) is 42.5 Å². The van der Waals surface area contributed by atoms with Crippen LogP contribution in [0.2, 0.25) is 5.02 Å². The summed E-state index contributed by atoms with van der Waals surface area (Å²) in [5.74, 6) is 0. The van der Waals surface area contributed by atoms with Crippen molar-refractivity contribution >= 4 is 38.7 Å². The third-order valence-electron chi connectivity index (χ3n) is 2.80. The Bertz CT molecular complexity index is 748. The fourth-order valence-electron chi connectivity index (χ4n) is 1.80. The predicted octanol–water partition coefficient (Wildman–Crippen LogP) is 2.91. The quantitative estimate of drug-likeness (QED) is 0.738. The van der Waals surface area contributed by atoms with Crippen molar-refractivity contribution < 1.29 is 8.42 Å². The smallest absolute Gasteiger partial charge is 0.229 e. The van der Waals surface area contributed by atoms with Crippen LogP contribution in [0.1, 0.15) is 5.56 Å². The van der Waals surface area contributed by atoms with Crippen LogP contribution in [0.25, 0.3) is 0 Å². The van der Waals surface area contributed by atoms with Crippen LogP contribution in [-0.4, -0.2) is 14.7 Å². The van der Waals surface area contributed by atoms with E-state index in [4.69, 9.17) is 17.3 Å². The highest BCUT2D eigenvalue weighted by Gasteiger charge is 2.07. The average Bonchev–Trinajstić information content (AvgIpc) is 2.39. The van der Waals surface area contributed by atoms with Gasteiger partial charge in [-0.2, -0.15) is 0 Å². The molecule has 112 valence electrons. The van der Waals surface area contributed by atoms with Crippen molar-refractivity contribution in [2.45, 2.75) is 6.54 Å². The van der Waals surface area contributed by atoms with Gasteiger partial charge in [0.25, 0.3) is 0 Å². The standard InChI is InChI=1S/C14H16ClN3O2S/c1-21(19,20)18-14-7-6-11(8-12(14)15)17-9-10-4-2-3-5-13(10)16/h2-8,17-18H,9,16H2,1H3. The summed E-state index contributed by atoms with van der Waals surface area (Å²) in [7, 11) is -3.34. The summed E-state index contributed by atoms with van der Waals surface area (Å²) in [5.41, 5.74) is 8.69. The summed E-state index contributed by atoms with van der Waals surface area (Å²) in [4.78, 5) is 0. The Hall–Kier alpha value is -1.92. The molecular weight excluding hydrogens is 310 g/mol. The Labute approximate surface area is 129 Å². The van der Waals surface area contributed by atoms with Gasteiger partial charge in [-0.05, 0) is 29.8 Å². The molecule has 0 radical (unpaired) electrons. The van der Waals surface area contributed by atoms with Crippen molar-refractivity contribution in [1.82, 2.24) is 0 Å². The zero-order valence-electron chi connectivity index (χ0n) is 11.4. The van der Waals surface area contributed by atoms with Gasteiger partial charge in [-0.15, -0.1) is 0 Å². The summed E-state index contributed by atoms with van der Waals surface area (Å²) in [6, 6.07) is 12.6. The van der Waals surface area contributed by atoms with Crippen molar-refractivity contribution in [2.24, 2.45) is 0 Å². The molecule has 0 aliphatic rings. The molecule has 0 aliphatic carbocycles. The zero-order valence-corrected chi connectivity index (χ0v) is 13.0. The van der Waals surface area contributed by atoms with Crippen molar-refractivity contribution in [3.63, 3.8) is 0 Å². The minimum Gasteiger partial charge on any atom is -0.398 e. The summed E-state index contributed by atoms with van der Waals surface area (Å²) >= 11 is 6.06. The first-order chi connectivity index (χ1) is 9.85. The zero-order chi connectivity index (χ0) is 15.5. The summed E-state index contributed by atoms with van der Waals surface area (Å²) < 4.78 is 24.7. The minimum absolute atomic E-state index is 0.325. The number of nitrogen functional groups attached to an aromatic ring is 1. The number of anilines is 3. The molecule has 0 spiro atoms. The molecule has 0 fully saturated rings. The normalized spacial score (nSPS) is 11.1. The highest BCUT2D eigenvalue weighted by molar-refractivity contribution is 7.92. The van der Waals surface area contributed by atoms with Crippen molar-refractivity contribution in [3.05, 3.63) is 53.1 Å². The van der Waals surface area contributed by atoms with Gasteiger partial charge in [0.2, 0.25) is 10.0 Å². The van der Waals surface area contributed by atoms with E-state index >= 15 is 0 Å².